The first-order valence-corrected chi connectivity index (χ1v) is 8.79. The minimum absolute atomic E-state index is 0.0790. The van der Waals surface area contributed by atoms with E-state index < -0.39 is 0 Å². The van der Waals surface area contributed by atoms with Crippen LogP contribution in [0.15, 0.2) is 60.9 Å². The summed E-state index contributed by atoms with van der Waals surface area (Å²) >= 11 is 0. The Balaban J connectivity index is 1.78. The van der Waals surface area contributed by atoms with E-state index in [0.717, 1.165) is 28.5 Å². The maximum Gasteiger partial charge on any atom is 0.226 e. The monoisotopic (exact) mass is 346 g/mol. The molecule has 0 aliphatic carbocycles. The topological polar surface area (TPSA) is 52.0 Å². The Labute approximate surface area is 153 Å². The van der Waals surface area contributed by atoms with Gasteiger partial charge in [0.15, 0.2) is 0 Å². The second-order valence-corrected chi connectivity index (χ2v) is 6.70. The maximum atomic E-state index is 5.56. The highest BCUT2D eigenvalue weighted by Gasteiger charge is 2.25. The number of nitrogens with zero attached hydrogens (tertiary/aromatic N) is 3. The highest BCUT2D eigenvalue weighted by atomic mass is 16.5. The van der Waals surface area contributed by atoms with E-state index in [0.29, 0.717) is 5.92 Å². The van der Waals surface area contributed by atoms with Crippen LogP contribution < -0.4 is 10.1 Å². The summed E-state index contributed by atoms with van der Waals surface area (Å²) in [6.45, 7) is 4.40. The van der Waals surface area contributed by atoms with Crippen molar-refractivity contribution in [2.24, 2.45) is 0 Å². The van der Waals surface area contributed by atoms with Gasteiger partial charge in [-0.1, -0.05) is 56.3 Å². The summed E-state index contributed by atoms with van der Waals surface area (Å²) < 4.78 is 7.44. The van der Waals surface area contributed by atoms with E-state index in [9.17, 15) is 0 Å². The number of nitrogens with one attached hydrogen (secondary N) is 1. The summed E-state index contributed by atoms with van der Waals surface area (Å²) in [5, 5.41) is 7.79. The molecule has 1 N–H and O–H groups in total. The van der Waals surface area contributed by atoms with Gasteiger partial charge in [0.2, 0.25) is 5.95 Å². The second kappa shape index (κ2) is 6.67. The lowest BCUT2D eigenvalue weighted by atomic mass is 9.98. The van der Waals surface area contributed by atoms with Gasteiger partial charge in [0.25, 0.3) is 0 Å². The van der Waals surface area contributed by atoms with Gasteiger partial charge in [0.05, 0.1) is 7.11 Å². The van der Waals surface area contributed by atoms with E-state index in [4.69, 9.17) is 4.74 Å². The first kappa shape index (κ1) is 16.4. The van der Waals surface area contributed by atoms with Crippen LogP contribution in [-0.2, 0) is 0 Å². The normalized spacial score (nSPS) is 16.0. The van der Waals surface area contributed by atoms with Gasteiger partial charge in [-0.25, -0.2) is 4.68 Å². The van der Waals surface area contributed by atoms with Crippen LogP contribution in [0.3, 0.4) is 0 Å². The number of anilines is 1. The quantitative estimate of drug-likeness (QED) is 0.757. The Hall–Kier alpha value is -3.08. The molecule has 3 aromatic rings. The Morgan fingerprint density at radius 3 is 2.58 bits per heavy atom. The third-order valence-corrected chi connectivity index (χ3v) is 4.75. The molecule has 1 atom stereocenters. The zero-order chi connectivity index (χ0) is 18.1. The molecule has 2 heterocycles. The number of para-hydroxylation sites is 1. The average Bonchev–Trinajstić information content (AvgIpc) is 3.16. The fourth-order valence-electron chi connectivity index (χ4n) is 3.28. The Kier molecular flexibility index (Phi) is 4.21. The number of allylic oxidation sites excluding steroid dienone is 1. The lowest BCUT2D eigenvalue weighted by Crippen LogP contribution is -2.20. The molecule has 0 spiro atoms. The van der Waals surface area contributed by atoms with Gasteiger partial charge in [-0.05, 0) is 29.2 Å². The number of hydrogen-bond acceptors (Lipinski definition) is 4. The summed E-state index contributed by atoms with van der Waals surface area (Å²) in [5.41, 5.74) is 4.54. The minimum Gasteiger partial charge on any atom is -0.496 e. The molecule has 0 saturated heterocycles. The lowest BCUT2D eigenvalue weighted by Gasteiger charge is -2.25. The number of aromatic nitrogens is 3. The molecule has 5 nitrogen and oxygen atoms in total. The molecule has 0 saturated carbocycles. The molecule has 0 radical (unpaired) electrons. The van der Waals surface area contributed by atoms with Crippen molar-refractivity contribution >= 4 is 11.6 Å². The zero-order valence-electron chi connectivity index (χ0n) is 15.2. The summed E-state index contributed by atoms with van der Waals surface area (Å²) in [7, 11) is 1.69. The summed E-state index contributed by atoms with van der Waals surface area (Å²) in [6.07, 6.45) is 3.74. The van der Waals surface area contributed by atoms with Gasteiger partial charge in [0.1, 0.15) is 18.1 Å². The van der Waals surface area contributed by atoms with Crippen LogP contribution in [0.5, 0.6) is 5.75 Å². The van der Waals surface area contributed by atoms with Crippen LogP contribution in [-0.4, -0.2) is 21.9 Å². The third kappa shape index (κ3) is 2.86. The van der Waals surface area contributed by atoms with Gasteiger partial charge >= 0.3 is 0 Å². The Bertz CT molecular complexity index is 941. The number of benzene rings is 2. The third-order valence-electron chi connectivity index (χ3n) is 4.75. The van der Waals surface area contributed by atoms with Crippen LogP contribution in [0, 0.1) is 0 Å². The van der Waals surface area contributed by atoms with E-state index in [-0.39, 0.29) is 6.04 Å². The van der Waals surface area contributed by atoms with Crippen molar-refractivity contribution in [2.75, 3.05) is 12.4 Å². The minimum atomic E-state index is -0.0790. The number of ether oxygens (including phenoxy) is 1. The highest BCUT2D eigenvalue weighted by Crippen LogP contribution is 2.36. The van der Waals surface area contributed by atoms with E-state index in [2.05, 4.69) is 65.7 Å². The van der Waals surface area contributed by atoms with Crippen LogP contribution in [0.1, 0.15) is 42.5 Å². The van der Waals surface area contributed by atoms with Crippen molar-refractivity contribution in [1.29, 1.82) is 0 Å². The number of rotatable bonds is 4. The van der Waals surface area contributed by atoms with Crippen molar-refractivity contribution in [1.82, 2.24) is 14.8 Å². The fraction of sp³-hybridized carbons (Fsp3) is 0.238. The first-order valence-electron chi connectivity index (χ1n) is 8.79. The average molecular weight is 346 g/mol. The molecule has 0 amide bonds. The molecule has 1 aliphatic heterocycles. The molecule has 26 heavy (non-hydrogen) atoms. The van der Waals surface area contributed by atoms with Gasteiger partial charge in [-0.2, -0.15) is 10.1 Å². The van der Waals surface area contributed by atoms with Crippen molar-refractivity contribution in [2.45, 2.75) is 25.8 Å². The largest absolute Gasteiger partial charge is 0.496 e. The molecule has 1 aliphatic rings. The molecular weight excluding hydrogens is 324 g/mol. The molecular formula is C21H22N4O. The molecule has 2 aromatic carbocycles. The Morgan fingerprint density at radius 1 is 1.08 bits per heavy atom. The van der Waals surface area contributed by atoms with Crippen molar-refractivity contribution in [3.8, 4) is 5.75 Å². The maximum absolute atomic E-state index is 5.56. The standard InChI is InChI=1S/C21H22N4O/c1-14(2)15-8-10-16(11-9-15)18-12-19(25-21(24-18)22-13-23-25)17-6-4-5-7-20(17)26-3/h4-14,19H,1-3H3,(H,22,23,24)/t19-/m1/s1. The van der Waals surface area contributed by atoms with Gasteiger partial charge < -0.3 is 10.1 Å². The van der Waals surface area contributed by atoms with Crippen molar-refractivity contribution in [3.05, 3.63) is 77.6 Å². The van der Waals surface area contributed by atoms with Crippen LogP contribution >= 0.6 is 0 Å². The molecule has 5 heteroatoms. The van der Waals surface area contributed by atoms with Crippen LogP contribution in [0.25, 0.3) is 5.70 Å². The zero-order valence-corrected chi connectivity index (χ0v) is 15.2. The molecule has 0 bridgehead atoms. The van der Waals surface area contributed by atoms with E-state index in [1.807, 2.05) is 22.9 Å². The molecule has 1 aromatic heterocycles. The molecule has 132 valence electrons. The van der Waals surface area contributed by atoms with Crippen molar-refractivity contribution in [3.63, 3.8) is 0 Å². The van der Waals surface area contributed by atoms with Gasteiger partial charge in [-0.3, -0.25) is 0 Å². The van der Waals surface area contributed by atoms with E-state index >= 15 is 0 Å². The highest BCUT2D eigenvalue weighted by molar-refractivity contribution is 5.77. The summed E-state index contributed by atoms with van der Waals surface area (Å²) in [6, 6.07) is 16.6. The van der Waals surface area contributed by atoms with Gasteiger partial charge in [-0.15, -0.1) is 0 Å². The first-order chi connectivity index (χ1) is 12.7. The molecule has 0 unspecified atom stereocenters. The van der Waals surface area contributed by atoms with E-state index in [1.165, 1.54) is 5.56 Å². The Morgan fingerprint density at radius 2 is 1.85 bits per heavy atom. The fourth-order valence-corrected chi connectivity index (χ4v) is 3.28. The van der Waals surface area contributed by atoms with Crippen LogP contribution in [0.2, 0.25) is 0 Å². The number of fused-ring (bicyclic) bond motifs is 1. The second-order valence-electron chi connectivity index (χ2n) is 6.70. The lowest BCUT2D eigenvalue weighted by molar-refractivity contribution is 0.404. The summed E-state index contributed by atoms with van der Waals surface area (Å²) in [5.74, 6) is 2.08. The number of hydrogen-bond donors (Lipinski definition) is 1. The predicted molar refractivity (Wildman–Crippen MR) is 103 cm³/mol. The smallest absolute Gasteiger partial charge is 0.226 e. The van der Waals surface area contributed by atoms with Crippen LogP contribution in [0.4, 0.5) is 5.95 Å². The van der Waals surface area contributed by atoms with E-state index in [1.54, 1.807) is 13.4 Å². The van der Waals surface area contributed by atoms with Crippen molar-refractivity contribution < 1.29 is 4.74 Å². The predicted octanol–water partition coefficient (Wildman–Crippen LogP) is 4.47. The SMILES string of the molecule is COc1ccccc1[C@H]1C=C(c2ccc(C(C)C)cc2)Nc2ncnn21. The molecule has 0 fully saturated rings. The molecule has 4 rings (SSSR count). The number of methoxy groups -OCH3 is 1. The summed E-state index contributed by atoms with van der Waals surface area (Å²) in [4.78, 5) is 4.37. The van der Waals surface area contributed by atoms with Gasteiger partial charge in [0, 0.05) is 11.3 Å².